The molecule has 2 N–H and O–H groups in total. The van der Waals surface area contributed by atoms with Crippen LogP contribution in [0.1, 0.15) is 23.6 Å². The molecule has 82 valence electrons. The summed E-state index contributed by atoms with van der Waals surface area (Å²) in [5.41, 5.74) is 7.88. The highest BCUT2D eigenvalue weighted by Gasteiger charge is 2.25. The Balaban J connectivity index is 2.23. The van der Waals surface area contributed by atoms with Gasteiger partial charge in [-0.15, -0.1) is 0 Å². The molecule has 1 aromatic rings. The van der Waals surface area contributed by atoms with Crippen molar-refractivity contribution in [2.75, 3.05) is 11.5 Å². The molecule has 3 heteroatoms. The lowest BCUT2D eigenvalue weighted by atomic mass is 9.92. The van der Waals surface area contributed by atoms with E-state index in [1.165, 1.54) is 6.07 Å². The summed E-state index contributed by atoms with van der Waals surface area (Å²) >= 11 is 1.91. The largest absolute Gasteiger partial charge is 0.324 e. The minimum absolute atomic E-state index is 0.139. The zero-order chi connectivity index (χ0) is 10.8. The molecule has 2 unspecified atom stereocenters. The third-order valence-corrected chi connectivity index (χ3v) is 4.17. The number of thioether (sulfide) groups is 1. The highest BCUT2D eigenvalue weighted by molar-refractivity contribution is 7.99. The van der Waals surface area contributed by atoms with Gasteiger partial charge in [0.1, 0.15) is 5.82 Å². The summed E-state index contributed by atoms with van der Waals surface area (Å²) in [5.74, 6) is 2.50. The van der Waals surface area contributed by atoms with E-state index in [9.17, 15) is 4.39 Å². The molecule has 15 heavy (non-hydrogen) atoms. The first-order valence-electron chi connectivity index (χ1n) is 5.28. The third kappa shape index (κ3) is 2.34. The van der Waals surface area contributed by atoms with Crippen molar-refractivity contribution in [3.8, 4) is 0 Å². The highest BCUT2D eigenvalue weighted by Crippen LogP contribution is 2.33. The van der Waals surface area contributed by atoms with Crippen molar-refractivity contribution in [1.29, 1.82) is 0 Å². The first-order valence-corrected chi connectivity index (χ1v) is 6.43. The highest BCUT2D eigenvalue weighted by atomic mass is 32.2. The van der Waals surface area contributed by atoms with Crippen LogP contribution in [0, 0.1) is 18.7 Å². The van der Waals surface area contributed by atoms with E-state index in [1.807, 2.05) is 24.8 Å². The second kappa shape index (κ2) is 4.54. The van der Waals surface area contributed by atoms with Gasteiger partial charge in [0.2, 0.25) is 0 Å². The van der Waals surface area contributed by atoms with E-state index < -0.39 is 0 Å². The fourth-order valence-corrected chi connectivity index (χ4v) is 3.32. The van der Waals surface area contributed by atoms with Crippen molar-refractivity contribution in [2.45, 2.75) is 19.4 Å². The van der Waals surface area contributed by atoms with E-state index in [1.54, 1.807) is 6.07 Å². The number of rotatable bonds is 2. The molecule has 0 amide bonds. The number of halogens is 1. The molecule has 0 bridgehead atoms. The van der Waals surface area contributed by atoms with Crippen LogP contribution < -0.4 is 5.73 Å². The van der Waals surface area contributed by atoms with Crippen LogP contribution in [0.3, 0.4) is 0 Å². The summed E-state index contributed by atoms with van der Waals surface area (Å²) in [7, 11) is 0. The zero-order valence-electron chi connectivity index (χ0n) is 8.87. The molecule has 1 aromatic carbocycles. The maximum atomic E-state index is 13.6. The Bertz CT molecular complexity index is 347. The number of hydrogen-bond donors (Lipinski definition) is 1. The van der Waals surface area contributed by atoms with Gasteiger partial charge in [0, 0.05) is 11.6 Å². The van der Waals surface area contributed by atoms with Crippen LogP contribution in [0.5, 0.6) is 0 Å². The second-order valence-corrected chi connectivity index (χ2v) is 5.32. The molecule has 0 saturated carbocycles. The van der Waals surface area contributed by atoms with Crippen LogP contribution in [-0.4, -0.2) is 11.5 Å². The Morgan fingerprint density at radius 2 is 2.33 bits per heavy atom. The van der Waals surface area contributed by atoms with Crippen LogP contribution in [0.25, 0.3) is 0 Å². The molecule has 1 aliphatic rings. The van der Waals surface area contributed by atoms with Gasteiger partial charge in [-0.1, -0.05) is 17.7 Å². The van der Waals surface area contributed by atoms with Gasteiger partial charge >= 0.3 is 0 Å². The molecular formula is C12H16FNS. The van der Waals surface area contributed by atoms with Gasteiger partial charge in [0.25, 0.3) is 0 Å². The van der Waals surface area contributed by atoms with E-state index in [4.69, 9.17) is 5.73 Å². The second-order valence-electron chi connectivity index (χ2n) is 4.17. The van der Waals surface area contributed by atoms with E-state index >= 15 is 0 Å². The summed E-state index contributed by atoms with van der Waals surface area (Å²) in [5, 5.41) is 0. The number of nitrogens with two attached hydrogens (primary N) is 1. The van der Waals surface area contributed by atoms with Crippen LogP contribution in [-0.2, 0) is 0 Å². The Kier molecular flexibility index (Phi) is 3.32. The lowest BCUT2D eigenvalue weighted by Gasteiger charge is -2.19. The van der Waals surface area contributed by atoms with Crippen molar-refractivity contribution < 1.29 is 4.39 Å². The van der Waals surface area contributed by atoms with Crippen molar-refractivity contribution in [3.05, 3.63) is 35.1 Å². The van der Waals surface area contributed by atoms with Crippen molar-refractivity contribution in [1.82, 2.24) is 0 Å². The van der Waals surface area contributed by atoms with Crippen LogP contribution in [0.4, 0.5) is 4.39 Å². The molecular weight excluding hydrogens is 209 g/mol. The first kappa shape index (κ1) is 11.0. The predicted molar refractivity (Wildman–Crippen MR) is 63.5 cm³/mol. The Morgan fingerprint density at radius 1 is 1.53 bits per heavy atom. The van der Waals surface area contributed by atoms with Crippen LogP contribution >= 0.6 is 11.8 Å². The maximum absolute atomic E-state index is 13.6. The fourth-order valence-electron chi connectivity index (χ4n) is 2.01. The summed E-state index contributed by atoms with van der Waals surface area (Å²) in [6.07, 6.45) is 1.11. The summed E-state index contributed by atoms with van der Waals surface area (Å²) in [6.45, 7) is 1.97. The van der Waals surface area contributed by atoms with E-state index in [0.717, 1.165) is 23.5 Å². The summed E-state index contributed by atoms with van der Waals surface area (Å²) in [4.78, 5) is 0. The minimum Gasteiger partial charge on any atom is -0.324 e. The van der Waals surface area contributed by atoms with Gasteiger partial charge in [-0.25, -0.2) is 4.39 Å². The van der Waals surface area contributed by atoms with Crippen molar-refractivity contribution in [2.24, 2.45) is 11.7 Å². The fraction of sp³-hybridized carbons (Fsp3) is 0.500. The smallest absolute Gasteiger partial charge is 0.128 e. The van der Waals surface area contributed by atoms with Gasteiger partial charge < -0.3 is 5.73 Å². The van der Waals surface area contributed by atoms with E-state index in [-0.39, 0.29) is 11.9 Å². The average molecular weight is 225 g/mol. The van der Waals surface area contributed by atoms with Crippen molar-refractivity contribution >= 4 is 11.8 Å². The molecule has 1 heterocycles. The molecule has 2 atom stereocenters. The molecule has 1 fully saturated rings. The summed E-state index contributed by atoms with van der Waals surface area (Å²) in [6, 6.07) is 5.05. The lowest BCUT2D eigenvalue weighted by molar-refractivity contribution is 0.460. The molecule has 1 saturated heterocycles. The molecule has 0 radical (unpaired) electrons. The molecule has 1 aliphatic heterocycles. The molecule has 0 spiro atoms. The Hall–Kier alpha value is -0.540. The van der Waals surface area contributed by atoms with Gasteiger partial charge in [-0.2, -0.15) is 11.8 Å². The monoisotopic (exact) mass is 225 g/mol. The number of benzene rings is 1. The number of hydrogen-bond acceptors (Lipinski definition) is 2. The Labute approximate surface area is 94.2 Å². The van der Waals surface area contributed by atoms with Crippen molar-refractivity contribution in [3.63, 3.8) is 0 Å². The molecule has 0 aliphatic carbocycles. The first-order chi connectivity index (χ1) is 7.18. The SMILES string of the molecule is Cc1ccc(F)c(C(N)C2CCSC2)c1. The van der Waals surface area contributed by atoms with E-state index in [0.29, 0.717) is 11.5 Å². The normalized spacial score (nSPS) is 23.0. The standard InChI is InChI=1S/C12H16FNS/c1-8-2-3-11(13)10(6-8)12(14)9-4-5-15-7-9/h2-3,6,9,12H,4-5,7,14H2,1H3. The topological polar surface area (TPSA) is 26.0 Å². The maximum Gasteiger partial charge on any atom is 0.128 e. The molecule has 1 nitrogen and oxygen atoms in total. The van der Waals surface area contributed by atoms with Crippen LogP contribution in [0.2, 0.25) is 0 Å². The minimum atomic E-state index is -0.162. The molecule has 2 rings (SSSR count). The van der Waals surface area contributed by atoms with E-state index in [2.05, 4.69) is 0 Å². The quantitative estimate of drug-likeness (QED) is 0.837. The van der Waals surface area contributed by atoms with Gasteiger partial charge in [0.15, 0.2) is 0 Å². The van der Waals surface area contributed by atoms with Gasteiger partial charge in [0.05, 0.1) is 0 Å². The van der Waals surface area contributed by atoms with Crippen LogP contribution in [0.15, 0.2) is 18.2 Å². The Morgan fingerprint density at radius 3 is 3.00 bits per heavy atom. The summed E-state index contributed by atoms with van der Waals surface area (Å²) < 4.78 is 13.6. The number of aryl methyl sites for hydroxylation is 1. The predicted octanol–water partition coefficient (Wildman–Crippen LogP) is 2.89. The van der Waals surface area contributed by atoms with Gasteiger partial charge in [-0.3, -0.25) is 0 Å². The lowest BCUT2D eigenvalue weighted by Crippen LogP contribution is -2.22. The average Bonchev–Trinajstić information content (AvgIpc) is 2.74. The molecule has 0 aromatic heterocycles. The third-order valence-electron chi connectivity index (χ3n) is 2.98. The van der Waals surface area contributed by atoms with Gasteiger partial charge in [-0.05, 0) is 36.8 Å². The zero-order valence-corrected chi connectivity index (χ0v) is 9.69.